The number of benzene rings is 1. The van der Waals surface area contributed by atoms with Crippen LogP contribution >= 0.6 is 0 Å². The third-order valence-electron chi connectivity index (χ3n) is 5.98. The number of nitrogens with one attached hydrogen (secondary N) is 1. The Bertz CT molecular complexity index is 1200. The van der Waals surface area contributed by atoms with Gasteiger partial charge in [-0.3, -0.25) is 14.7 Å². The van der Waals surface area contributed by atoms with Crippen molar-refractivity contribution in [2.24, 2.45) is 5.92 Å². The fourth-order valence-electron chi connectivity index (χ4n) is 4.27. The summed E-state index contributed by atoms with van der Waals surface area (Å²) in [6.07, 6.45) is -0.920. The molecule has 0 radical (unpaired) electrons. The van der Waals surface area contributed by atoms with E-state index in [1.807, 2.05) is 40.7 Å². The van der Waals surface area contributed by atoms with Gasteiger partial charge in [-0.25, -0.2) is 13.2 Å². The lowest BCUT2D eigenvalue weighted by molar-refractivity contribution is -0.115. The Morgan fingerprint density at radius 1 is 1.21 bits per heavy atom. The molecule has 2 amide bonds. The number of rotatable bonds is 6. The first-order chi connectivity index (χ1) is 15.7. The zero-order chi connectivity index (χ0) is 25.4. The lowest BCUT2D eigenvalue weighted by Crippen LogP contribution is -2.31. The normalized spacial score (nSPS) is 16.0. The first-order valence-corrected chi connectivity index (χ1v) is 13.0. The molecule has 0 aliphatic carbocycles. The van der Waals surface area contributed by atoms with Gasteiger partial charge in [0.25, 0.3) is 0 Å². The van der Waals surface area contributed by atoms with E-state index in [0.717, 1.165) is 11.3 Å². The van der Waals surface area contributed by atoms with Gasteiger partial charge in [-0.1, -0.05) is 53.7 Å². The molecule has 1 aromatic heterocycles. The fraction of sp³-hybridized carbons (Fsp3) is 0.480. The molecule has 1 unspecified atom stereocenters. The highest BCUT2D eigenvalue weighted by molar-refractivity contribution is 7.91. The Kier molecular flexibility index (Phi) is 7.07. The number of aromatic nitrogens is 1. The zero-order valence-electron chi connectivity index (χ0n) is 20.5. The van der Waals surface area contributed by atoms with E-state index in [4.69, 9.17) is 4.98 Å². The number of hydrogen-bond acceptors (Lipinski definition) is 5. The summed E-state index contributed by atoms with van der Waals surface area (Å²) in [5, 5.41) is 12.6. The second kappa shape index (κ2) is 9.37. The van der Waals surface area contributed by atoms with Crippen molar-refractivity contribution in [3.63, 3.8) is 0 Å². The van der Waals surface area contributed by atoms with E-state index < -0.39 is 15.9 Å². The van der Waals surface area contributed by atoms with Crippen molar-refractivity contribution < 1.29 is 23.1 Å². The standard InChI is InChI=1S/C25H33N3O5S/c1-7-34(32,33)18-10-8-16(9-11-18)12-20(29)26-19-13-17-14-28(24(30)31)22(15(2)3)21(17)27-23(19)25(4,5)6/h8-11,13,15,22H,7,12,14H2,1-6H3,(H,26,29)(H,30,31). The van der Waals surface area contributed by atoms with Crippen molar-refractivity contribution in [2.45, 2.75) is 70.9 Å². The van der Waals surface area contributed by atoms with Crippen molar-refractivity contribution in [2.75, 3.05) is 11.1 Å². The Morgan fingerprint density at radius 2 is 1.82 bits per heavy atom. The summed E-state index contributed by atoms with van der Waals surface area (Å²) >= 11 is 0. The van der Waals surface area contributed by atoms with Crippen LogP contribution in [0.3, 0.4) is 0 Å². The first kappa shape index (κ1) is 25.7. The van der Waals surface area contributed by atoms with Crippen molar-refractivity contribution in [1.29, 1.82) is 0 Å². The molecule has 184 valence electrons. The van der Waals surface area contributed by atoms with E-state index in [2.05, 4.69) is 5.32 Å². The van der Waals surface area contributed by atoms with Gasteiger partial charge < -0.3 is 10.4 Å². The Labute approximate surface area is 201 Å². The molecule has 3 rings (SSSR count). The number of sulfone groups is 1. The van der Waals surface area contributed by atoms with Gasteiger partial charge >= 0.3 is 6.09 Å². The number of amides is 2. The quantitative estimate of drug-likeness (QED) is 0.618. The third-order valence-corrected chi connectivity index (χ3v) is 7.73. The van der Waals surface area contributed by atoms with Crippen LogP contribution in [0.25, 0.3) is 0 Å². The van der Waals surface area contributed by atoms with Crippen LogP contribution in [0.4, 0.5) is 10.5 Å². The minimum atomic E-state index is -3.30. The average molecular weight is 488 g/mol. The first-order valence-electron chi connectivity index (χ1n) is 11.4. The van der Waals surface area contributed by atoms with Gasteiger partial charge in [0.2, 0.25) is 5.91 Å². The molecule has 0 bridgehead atoms. The number of pyridine rings is 1. The monoisotopic (exact) mass is 487 g/mol. The molecule has 34 heavy (non-hydrogen) atoms. The van der Waals surface area contributed by atoms with E-state index >= 15 is 0 Å². The van der Waals surface area contributed by atoms with Crippen molar-refractivity contribution in [1.82, 2.24) is 9.88 Å². The van der Waals surface area contributed by atoms with Crippen molar-refractivity contribution in [3.8, 4) is 0 Å². The molecule has 1 aromatic carbocycles. The van der Waals surface area contributed by atoms with Gasteiger partial charge in [-0.15, -0.1) is 0 Å². The van der Waals surface area contributed by atoms with Crippen LogP contribution in [0.5, 0.6) is 0 Å². The smallest absolute Gasteiger partial charge is 0.408 e. The lowest BCUT2D eigenvalue weighted by atomic mass is 9.88. The summed E-state index contributed by atoms with van der Waals surface area (Å²) < 4.78 is 24.0. The molecule has 2 heterocycles. The van der Waals surface area contributed by atoms with E-state index in [9.17, 15) is 23.1 Å². The maximum atomic E-state index is 12.9. The van der Waals surface area contributed by atoms with Crippen LogP contribution in [-0.4, -0.2) is 41.2 Å². The minimum absolute atomic E-state index is 0.0186. The Morgan fingerprint density at radius 3 is 2.32 bits per heavy atom. The van der Waals surface area contributed by atoms with Crippen molar-refractivity contribution in [3.05, 3.63) is 52.8 Å². The predicted octanol–water partition coefficient (Wildman–Crippen LogP) is 4.54. The summed E-state index contributed by atoms with van der Waals surface area (Å²) in [7, 11) is -3.30. The third kappa shape index (κ3) is 5.24. The van der Waals surface area contributed by atoms with Crippen LogP contribution in [0, 0.1) is 5.92 Å². The van der Waals surface area contributed by atoms with E-state index in [-0.39, 0.29) is 46.9 Å². The van der Waals surface area contributed by atoms with Gasteiger partial charge in [0, 0.05) is 5.41 Å². The van der Waals surface area contributed by atoms with Crippen LogP contribution in [0.2, 0.25) is 0 Å². The number of carboxylic acid groups (broad SMARTS) is 1. The van der Waals surface area contributed by atoms with Crippen LogP contribution in [-0.2, 0) is 33.0 Å². The average Bonchev–Trinajstić information content (AvgIpc) is 3.12. The van der Waals surface area contributed by atoms with Gasteiger partial charge in [0.05, 0.1) is 46.7 Å². The van der Waals surface area contributed by atoms with Crippen LogP contribution in [0.15, 0.2) is 35.2 Å². The molecule has 0 saturated carbocycles. The molecular weight excluding hydrogens is 454 g/mol. The molecule has 0 saturated heterocycles. The second-order valence-electron chi connectivity index (χ2n) is 10.1. The van der Waals surface area contributed by atoms with E-state index in [0.29, 0.717) is 16.9 Å². The number of anilines is 1. The van der Waals surface area contributed by atoms with Gasteiger partial charge in [0.15, 0.2) is 9.84 Å². The summed E-state index contributed by atoms with van der Waals surface area (Å²) in [4.78, 5) is 31.2. The summed E-state index contributed by atoms with van der Waals surface area (Å²) in [5.41, 5.74) is 3.10. The molecule has 0 fully saturated rings. The van der Waals surface area contributed by atoms with Gasteiger partial charge in [-0.2, -0.15) is 0 Å². The molecule has 9 heteroatoms. The number of carbonyl (C=O) groups excluding carboxylic acids is 1. The molecule has 0 spiro atoms. The van der Waals surface area contributed by atoms with Gasteiger partial charge in [-0.05, 0) is 35.2 Å². The highest BCUT2D eigenvalue weighted by Crippen LogP contribution is 2.41. The topological polar surface area (TPSA) is 117 Å². The number of fused-ring (bicyclic) bond motifs is 1. The highest BCUT2D eigenvalue weighted by Gasteiger charge is 2.38. The lowest BCUT2D eigenvalue weighted by Gasteiger charge is -2.27. The second-order valence-corrected chi connectivity index (χ2v) is 12.3. The molecule has 1 aliphatic heterocycles. The van der Waals surface area contributed by atoms with Crippen LogP contribution in [0.1, 0.15) is 70.1 Å². The molecule has 2 aromatic rings. The maximum Gasteiger partial charge on any atom is 0.408 e. The predicted molar refractivity (Wildman–Crippen MR) is 131 cm³/mol. The summed E-state index contributed by atoms with van der Waals surface area (Å²) in [6, 6.07) is 7.83. The molecule has 1 atom stereocenters. The minimum Gasteiger partial charge on any atom is -0.465 e. The number of carbonyl (C=O) groups is 2. The van der Waals surface area contributed by atoms with Crippen LogP contribution < -0.4 is 5.32 Å². The molecule has 8 nitrogen and oxygen atoms in total. The molecule has 2 N–H and O–H groups in total. The molecule has 1 aliphatic rings. The molecular formula is C25H33N3O5S. The number of hydrogen-bond donors (Lipinski definition) is 2. The van der Waals surface area contributed by atoms with E-state index in [1.165, 1.54) is 17.0 Å². The Hall–Kier alpha value is -2.94. The summed E-state index contributed by atoms with van der Waals surface area (Å²) in [5.74, 6) is -0.186. The SMILES string of the molecule is CCS(=O)(=O)c1ccc(CC(=O)Nc2cc3c(nc2C(C)(C)C)C(C(C)C)N(C(=O)O)C3)cc1. The van der Waals surface area contributed by atoms with Gasteiger partial charge in [0.1, 0.15) is 0 Å². The van der Waals surface area contributed by atoms with Crippen molar-refractivity contribution >= 4 is 27.5 Å². The maximum absolute atomic E-state index is 12.9. The Balaban J connectivity index is 1.89. The number of nitrogens with zero attached hydrogens (tertiary/aromatic N) is 2. The largest absolute Gasteiger partial charge is 0.465 e. The highest BCUT2D eigenvalue weighted by atomic mass is 32.2. The fourth-order valence-corrected chi connectivity index (χ4v) is 5.16. The summed E-state index contributed by atoms with van der Waals surface area (Å²) in [6.45, 7) is 11.8. The zero-order valence-corrected chi connectivity index (χ0v) is 21.4. The van der Waals surface area contributed by atoms with E-state index in [1.54, 1.807) is 19.1 Å².